The van der Waals surface area contributed by atoms with E-state index in [1.54, 1.807) is 36.4 Å². The van der Waals surface area contributed by atoms with Crippen LogP contribution in [0.25, 0.3) is 0 Å². The predicted octanol–water partition coefficient (Wildman–Crippen LogP) is 4.36. The number of rotatable bonds is 7. The van der Waals surface area contributed by atoms with Gasteiger partial charge in [-0.05, 0) is 42.5 Å². The van der Waals surface area contributed by atoms with E-state index < -0.39 is 5.97 Å². The lowest BCUT2D eigenvalue weighted by molar-refractivity contribution is 0.0734. The van der Waals surface area contributed by atoms with E-state index in [0.29, 0.717) is 30.3 Å². The summed E-state index contributed by atoms with van der Waals surface area (Å²) in [4.78, 5) is 12.2. The van der Waals surface area contributed by atoms with E-state index in [4.69, 9.17) is 14.2 Å². The molecule has 0 aliphatic rings. The second kappa shape index (κ2) is 8.55. The van der Waals surface area contributed by atoms with Crippen LogP contribution in [0.1, 0.15) is 10.4 Å². The Kier molecular flexibility index (Phi) is 5.67. The summed E-state index contributed by atoms with van der Waals surface area (Å²) in [5.74, 6) is 1.48. The third-order valence-electron chi connectivity index (χ3n) is 3.39. The third kappa shape index (κ3) is 5.11. The van der Waals surface area contributed by atoms with E-state index in [1.165, 1.54) is 0 Å². The molecule has 0 bridgehead atoms. The molecule has 0 saturated heterocycles. The van der Waals surface area contributed by atoms with E-state index in [-0.39, 0.29) is 0 Å². The molecule has 25 heavy (non-hydrogen) atoms. The van der Waals surface area contributed by atoms with Crippen LogP contribution in [0.5, 0.6) is 17.2 Å². The van der Waals surface area contributed by atoms with Gasteiger partial charge in [-0.25, -0.2) is 4.79 Å². The van der Waals surface area contributed by atoms with Crippen LogP contribution >= 0.6 is 0 Å². The fraction of sp³-hybridized carbons (Fsp3) is 0.0952. The number of benzene rings is 3. The van der Waals surface area contributed by atoms with E-state index >= 15 is 0 Å². The lowest BCUT2D eigenvalue weighted by Crippen LogP contribution is -2.11. The molecule has 4 nitrogen and oxygen atoms in total. The summed E-state index contributed by atoms with van der Waals surface area (Å²) >= 11 is 0. The van der Waals surface area contributed by atoms with Gasteiger partial charge in [-0.15, -0.1) is 0 Å². The normalized spacial score (nSPS) is 10.1. The number of para-hydroxylation sites is 2. The first kappa shape index (κ1) is 16.6. The Morgan fingerprint density at radius 3 is 1.88 bits per heavy atom. The SMILES string of the molecule is O=C(Oc1ccccc1)c1cccc(OCCOc2ccccc2)c1. The van der Waals surface area contributed by atoms with Crippen LogP contribution in [0, 0.1) is 0 Å². The van der Waals surface area contributed by atoms with Gasteiger partial charge < -0.3 is 14.2 Å². The van der Waals surface area contributed by atoms with Crippen molar-refractivity contribution in [2.45, 2.75) is 0 Å². The molecule has 0 fully saturated rings. The molecule has 0 aliphatic carbocycles. The summed E-state index contributed by atoms with van der Waals surface area (Å²) in [6, 6.07) is 25.4. The largest absolute Gasteiger partial charge is 0.490 e. The Morgan fingerprint density at radius 2 is 1.20 bits per heavy atom. The molecule has 126 valence electrons. The molecular weight excluding hydrogens is 316 g/mol. The number of esters is 1. The van der Waals surface area contributed by atoms with Gasteiger partial charge in [0.1, 0.15) is 30.5 Å². The van der Waals surface area contributed by atoms with Gasteiger partial charge in [-0.2, -0.15) is 0 Å². The zero-order valence-corrected chi connectivity index (χ0v) is 13.6. The zero-order chi connectivity index (χ0) is 17.3. The standard InChI is InChI=1S/C21H18O4/c22-21(25-19-11-5-2-6-12-19)17-8-7-13-20(16-17)24-15-14-23-18-9-3-1-4-10-18/h1-13,16H,14-15H2. The van der Waals surface area contributed by atoms with Crippen molar-refractivity contribution >= 4 is 5.97 Å². The molecule has 0 atom stereocenters. The molecule has 3 aromatic carbocycles. The van der Waals surface area contributed by atoms with Crippen LogP contribution < -0.4 is 14.2 Å². The molecule has 0 spiro atoms. The minimum absolute atomic E-state index is 0.381. The first-order valence-corrected chi connectivity index (χ1v) is 7.99. The summed E-state index contributed by atoms with van der Waals surface area (Å²) < 4.78 is 16.5. The van der Waals surface area contributed by atoms with Crippen LogP contribution in [-0.4, -0.2) is 19.2 Å². The molecule has 0 aromatic heterocycles. The number of ether oxygens (including phenoxy) is 3. The summed E-state index contributed by atoms with van der Waals surface area (Å²) in [5, 5.41) is 0. The maximum absolute atomic E-state index is 12.2. The highest BCUT2D eigenvalue weighted by atomic mass is 16.5. The van der Waals surface area contributed by atoms with Crippen molar-refractivity contribution in [3.8, 4) is 17.2 Å². The number of carbonyl (C=O) groups is 1. The third-order valence-corrected chi connectivity index (χ3v) is 3.39. The molecular formula is C21H18O4. The van der Waals surface area contributed by atoms with Crippen molar-refractivity contribution in [1.82, 2.24) is 0 Å². The van der Waals surface area contributed by atoms with Crippen LogP contribution in [0.15, 0.2) is 84.9 Å². The van der Waals surface area contributed by atoms with Crippen molar-refractivity contribution in [2.75, 3.05) is 13.2 Å². The highest BCUT2D eigenvalue weighted by molar-refractivity contribution is 5.91. The number of carbonyl (C=O) groups excluding carboxylic acids is 1. The van der Waals surface area contributed by atoms with E-state index in [2.05, 4.69) is 0 Å². The molecule has 0 heterocycles. The van der Waals surface area contributed by atoms with Gasteiger partial charge in [0.25, 0.3) is 0 Å². The van der Waals surface area contributed by atoms with Gasteiger partial charge in [0.2, 0.25) is 0 Å². The maximum atomic E-state index is 12.2. The van der Waals surface area contributed by atoms with Gasteiger partial charge in [0.15, 0.2) is 0 Å². The average molecular weight is 334 g/mol. The van der Waals surface area contributed by atoms with Crippen molar-refractivity contribution in [3.05, 3.63) is 90.5 Å². The summed E-state index contributed by atoms with van der Waals surface area (Å²) in [6.45, 7) is 0.800. The summed E-state index contributed by atoms with van der Waals surface area (Å²) in [5.41, 5.74) is 0.435. The molecule has 0 aliphatic heterocycles. The minimum atomic E-state index is -0.419. The molecule has 3 aromatic rings. The Hall–Kier alpha value is -3.27. The lowest BCUT2D eigenvalue weighted by atomic mass is 10.2. The van der Waals surface area contributed by atoms with Crippen molar-refractivity contribution < 1.29 is 19.0 Å². The maximum Gasteiger partial charge on any atom is 0.343 e. The van der Waals surface area contributed by atoms with E-state index in [1.807, 2.05) is 48.5 Å². The minimum Gasteiger partial charge on any atom is -0.490 e. The quantitative estimate of drug-likeness (QED) is 0.366. The van der Waals surface area contributed by atoms with Gasteiger partial charge in [0, 0.05) is 0 Å². The zero-order valence-electron chi connectivity index (χ0n) is 13.6. The van der Waals surface area contributed by atoms with Crippen LogP contribution in [0.3, 0.4) is 0 Å². The van der Waals surface area contributed by atoms with E-state index in [0.717, 1.165) is 5.75 Å². The van der Waals surface area contributed by atoms with Crippen LogP contribution in [0.4, 0.5) is 0 Å². The molecule has 0 saturated carbocycles. The molecule has 0 amide bonds. The summed E-state index contributed by atoms with van der Waals surface area (Å²) in [6.07, 6.45) is 0. The fourth-order valence-corrected chi connectivity index (χ4v) is 2.20. The highest BCUT2D eigenvalue weighted by Crippen LogP contribution is 2.17. The first-order chi connectivity index (χ1) is 12.3. The second-order valence-corrected chi connectivity index (χ2v) is 5.24. The van der Waals surface area contributed by atoms with Crippen LogP contribution in [-0.2, 0) is 0 Å². The average Bonchev–Trinajstić information content (AvgIpc) is 2.67. The Bertz CT molecular complexity index is 800. The van der Waals surface area contributed by atoms with Gasteiger partial charge in [0.05, 0.1) is 5.56 Å². The molecule has 0 N–H and O–H groups in total. The summed E-state index contributed by atoms with van der Waals surface area (Å²) in [7, 11) is 0. The lowest BCUT2D eigenvalue weighted by Gasteiger charge is -2.09. The second-order valence-electron chi connectivity index (χ2n) is 5.24. The van der Waals surface area contributed by atoms with Crippen molar-refractivity contribution in [1.29, 1.82) is 0 Å². The smallest absolute Gasteiger partial charge is 0.343 e. The van der Waals surface area contributed by atoms with Gasteiger partial charge in [-0.1, -0.05) is 42.5 Å². The van der Waals surface area contributed by atoms with Crippen molar-refractivity contribution in [3.63, 3.8) is 0 Å². The molecule has 0 radical (unpaired) electrons. The number of hydrogen-bond donors (Lipinski definition) is 0. The van der Waals surface area contributed by atoms with E-state index in [9.17, 15) is 4.79 Å². The first-order valence-electron chi connectivity index (χ1n) is 7.99. The van der Waals surface area contributed by atoms with Gasteiger partial charge in [-0.3, -0.25) is 0 Å². The Morgan fingerprint density at radius 1 is 0.640 bits per heavy atom. The Labute approximate surface area is 146 Å². The molecule has 3 rings (SSSR count). The molecule has 0 unspecified atom stereocenters. The highest BCUT2D eigenvalue weighted by Gasteiger charge is 2.09. The monoisotopic (exact) mass is 334 g/mol. The van der Waals surface area contributed by atoms with Crippen molar-refractivity contribution in [2.24, 2.45) is 0 Å². The predicted molar refractivity (Wildman–Crippen MR) is 95.3 cm³/mol. The molecule has 4 heteroatoms. The van der Waals surface area contributed by atoms with Crippen LogP contribution in [0.2, 0.25) is 0 Å². The Balaban J connectivity index is 1.51. The van der Waals surface area contributed by atoms with Gasteiger partial charge >= 0.3 is 5.97 Å². The number of hydrogen-bond acceptors (Lipinski definition) is 4. The topological polar surface area (TPSA) is 44.8 Å². The fourth-order valence-electron chi connectivity index (χ4n) is 2.20.